The highest BCUT2D eigenvalue weighted by molar-refractivity contribution is 7.92. The van der Waals surface area contributed by atoms with E-state index in [2.05, 4.69) is 88.9 Å². The number of carbonyl (C=O) groups is 3. The van der Waals surface area contributed by atoms with E-state index in [0.717, 1.165) is 75.2 Å². The average molecular weight is 1530 g/mol. The van der Waals surface area contributed by atoms with Crippen LogP contribution >= 0.6 is 68.8 Å². The number of hydrogen-bond donors (Lipinski definition) is 5. The molecule has 11 heterocycles. The molecule has 2 saturated heterocycles. The minimum atomic E-state index is -3.31. The van der Waals surface area contributed by atoms with E-state index in [9.17, 15) is 22.8 Å². The van der Waals surface area contributed by atoms with Crippen LogP contribution in [0.15, 0.2) is 194 Å². The van der Waals surface area contributed by atoms with Crippen molar-refractivity contribution in [3.05, 3.63) is 200 Å². The van der Waals surface area contributed by atoms with Gasteiger partial charge in [-0.05, 0) is 153 Å². The van der Waals surface area contributed by atoms with Gasteiger partial charge in [-0.25, -0.2) is 68.0 Å². The number of para-hydroxylation sites is 3. The molecule has 2 aliphatic heterocycles. The third kappa shape index (κ3) is 24.8. The molecule has 9 aromatic heterocycles. The summed E-state index contributed by atoms with van der Waals surface area (Å²) < 4.78 is 45.4. The van der Waals surface area contributed by atoms with Crippen LogP contribution in [0.3, 0.4) is 0 Å². The van der Waals surface area contributed by atoms with Gasteiger partial charge in [-0.3, -0.25) is 9.59 Å². The van der Waals surface area contributed by atoms with E-state index < -0.39 is 20.7 Å². The lowest BCUT2D eigenvalue weighted by molar-refractivity contribution is -0.125. The van der Waals surface area contributed by atoms with E-state index in [1.54, 1.807) is 64.7 Å². The lowest BCUT2D eigenvalue weighted by atomic mass is 10.2. The second-order valence-corrected chi connectivity index (χ2v) is 28.7. The third-order valence-corrected chi connectivity index (χ3v) is 18.3. The largest absolute Gasteiger partial charge is 0.444 e. The van der Waals surface area contributed by atoms with Crippen LogP contribution in [0.1, 0.15) is 33.6 Å². The van der Waals surface area contributed by atoms with Crippen molar-refractivity contribution in [2.45, 2.75) is 55.6 Å². The van der Waals surface area contributed by atoms with E-state index in [-0.39, 0.29) is 39.0 Å². The first-order valence-electron chi connectivity index (χ1n) is 30.9. The van der Waals surface area contributed by atoms with Crippen LogP contribution < -0.4 is 41.6 Å². The number of hydrogen-bond acceptors (Lipinski definition) is 29. The Bertz CT molecular complexity index is 4950. The number of allylic oxidation sites excluding steroid dienone is 1. The summed E-state index contributed by atoms with van der Waals surface area (Å²) in [6.45, 7) is 14.8. The SMILES string of the molecule is C=CC(=O)Cl.C=CC(=O)N1CC[C@H](Nc2nccc(Nc3nc4ccc(Oc5ccccc5)nc4s3)n2)C1.CC(C)(C)OC(=O)N1CC[C@H](N)C1.CS(=O)(=O)c1nc2ccc(Oc3ccccc3)nc2s1.Clc1nccc(Nc2nc3ccc(Oc4ccccc4)nc3s2)n1.Nc1ccnc(Cl)n1. The summed E-state index contributed by atoms with van der Waals surface area (Å²) in [4.78, 5) is 88.6. The summed E-state index contributed by atoms with van der Waals surface area (Å²) in [6, 6.07) is 44.3. The van der Waals surface area contributed by atoms with Gasteiger partial charge in [-0.15, -0.1) is 0 Å². The van der Waals surface area contributed by atoms with Gasteiger partial charge in [-0.2, -0.15) is 4.98 Å². The lowest BCUT2D eigenvalue weighted by Gasteiger charge is -2.24. The number of nitrogen functional groups attached to an aromatic ring is 1. The van der Waals surface area contributed by atoms with Crippen molar-refractivity contribution < 1.29 is 41.7 Å². The first-order chi connectivity index (χ1) is 49.4. The fraction of sp³-hybridized carbons (Fsp3) is 0.191. The number of nitrogens with zero attached hydrogens (tertiary/aromatic N) is 14. The number of carbonyl (C=O) groups excluding carboxylic acids is 3. The Morgan fingerprint density at radius 2 is 1.03 bits per heavy atom. The summed E-state index contributed by atoms with van der Waals surface area (Å²) in [5.74, 6) is 5.61. The molecule has 2 amide bonds. The van der Waals surface area contributed by atoms with Crippen LogP contribution in [0.25, 0.3) is 31.0 Å². The Kier molecular flexibility index (Phi) is 27.3. The zero-order chi connectivity index (χ0) is 73.5. The number of likely N-dealkylation sites (tertiary alicyclic amines) is 2. The van der Waals surface area contributed by atoms with Gasteiger partial charge < -0.3 is 56.2 Å². The van der Waals surface area contributed by atoms with Crippen LogP contribution in [0, 0.1) is 0 Å². The van der Waals surface area contributed by atoms with E-state index in [1.165, 1.54) is 34.9 Å². The number of rotatable bonds is 15. The van der Waals surface area contributed by atoms with Gasteiger partial charge in [0.05, 0.1) is 0 Å². The number of pyridine rings is 3. The standard InChI is InChI=1S/C23H21N7O2S.C16H10ClN5OS.C13H10N2O3S2.C9H18N2O2.C4H4ClN3.C3H3ClO/c1-2-20(31)30-13-11-15(14-30)25-22-24-12-10-18(27-22)28-23-26-17-8-9-19(29-21(17)33-23)32-16-6-4-3-5-7-16;17-15-18-9-8-12(20-15)21-16-19-11-6-7-13(22-14(11)24-16)23-10-4-2-1-3-5-10;1-20(16,17)13-14-10-7-8-11(15-12(10)19-13)18-9-5-3-2-4-6-9;1-9(2,3)13-8(12)11-5-4-7(10)6-11;5-4-7-2-1-3(6)8-4;1-2-3(4)5/h2-10,12,15H,1,11,13-14H2,(H2,24,25,26,27,28);1-9H,(H,18,19,20,21);2-8H,1H3;7H,4-6,10H2,1-3H3;1-2H,(H2,6,7,8);2H,1H2/t15-;;;7-;;/m0..0../s1. The second kappa shape index (κ2) is 36.8. The van der Waals surface area contributed by atoms with E-state index in [0.29, 0.717) is 87.0 Å². The fourth-order valence-electron chi connectivity index (χ4n) is 8.78. The normalized spacial score (nSPS) is 13.7. The van der Waals surface area contributed by atoms with Crippen LogP contribution in [0.5, 0.6) is 34.9 Å². The highest BCUT2D eigenvalue weighted by Gasteiger charge is 2.28. The number of thiazole rings is 3. The number of nitrogens with one attached hydrogen (secondary N) is 3. The van der Waals surface area contributed by atoms with Crippen LogP contribution in [0.2, 0.25) is 10.6 Å². The predicted octanol–water partition coefficient (Wildman–Crippen LogP) is 14.4. The molecule has 0 radical (unpaired) electrons. The van der Waals surface area contributed by atoms with Crippen molar-refractivity contribution in [1.82, 2.24) is 69.6 Å². The number of aromatic nitrogens is 12. The van der Waals surface area contributed by atoms with Crippen LogP contribution in [-0.2, 0) is 24.2 Å². The molecule has 2 atom stereocenters. The number of halogens is 3. The molecule has 7 N–H and O–H groups in total. The molecule has 103 heavy (non-hydrogen) atoms. The molecular formula is C68H66Cl3N19O9S4. The molecular weight excluding hydrogens is 1460 g/mol. The zero-order valence-electron chi connectivity index (χ0n) is 55.4. The number of sulfone groups is 1. The van der Waals surface area contributed by atoms with Crippen molar-refractivity contribution >= 4 is 161 Å². The Labute approximate surface area is 618 Å². The summed E-state index contributed by atoms with van der Waals surface area (Å²) in [5.41, 5.74) is 12.6. The Morgan fingerprint density at radius 3 is 1.46 bits per heavy atom. The van der Waals surface area contributed by atoms with E-state index >= 15 is 0 Å². The molecule has 3 aromatic carbocycles. The average Bonchev–Trinajstić information content (AvgIpc) is 1.69. The summed E-state index contributed by atoms with van der Waals surface area (Å²) in [6.07, 6.45) is 9.73. The minimum Gasteiger partial charge on any atom is -0.444 e. The maximum atomic E-state index is 11.8. The zero-order valence-corrected chi connectivity index (χ0v) is 60.9. The molecule has 2 aliphatic rings. The number of amides is 2. The van der Waals surface area contributed by atoms with Gasteiger partial charge in [0.15, 0.2) is 10.3 Å². The Morgan fingerprint density at radius 1 is 0.573 bits per heavy atom. The van der Waals surface area contributed by atoms with Crippen molar-refractivity contribution in [2.24, 2.45) is 5.73 Å². The van der Waals surface area contributed by atoms with Crippen molar-refractivity contribution in [3.63, 3.8) is 0 Å². The number of benzene rings is 3. The highest BCUT2D eigenvalue weighted by atomic mass is 35.5. The van der Waals surface area contributed by atoms with Crippen molar-refractivity contribution in [3.8, 4) is 34.9 Å². The molecule has 532 valence electrons. The van der Waals surface area contributed by atoms with Crippen molar-refractivity contribution in [1.29, 1.82) is 0 Å². The van der Waals surface area contributed by atoms with Gasteiger partial charge in [-0.1, -0.05) is 102 Å². The predicted molar refractivity (Wildman–Crippen MR) is 402 cm³/mol. The van der Waals surface area contributed by atoms with Gasteiger partial charge in [0.2, 0.25) is 59.5 Å². The minimum absolute atomic E-state index is 0.0580. The number of fused-ring (bicyclic) bond motifs is 3. The number of nitrogens with two attached hydrogens (primary N) is 2. The second-order valence-electron chi connectivity index (χ2n) is 22.5. The maximum absolute atomic E-state index is 11.8. The summed E-state index contributed by atoms with van der Waals surface area (Å²) in [7, 11) is -3.31. The molecule has 0 saturated carbocycles. The van der Waals surface area contributed by atoms with Gasteiger partial charge >= 0.3 is 6.09 Å². The van der Waals surface area contributed by atoms with Crippen molar-refractivity contribution in [2.75, 3.05) is 54.1 Å². The molecule has 0 spiro atoms. The monoisotopic (exact) mass is 1530 g/mol. The molecule has 12 aromatic rings. The van der Waals surface area contributed by atoms with Crippen LogP contribution in [0.4, 0.5) is 38.5 Å². The Hall–Kier alpha value is -10.7. The first-order valence-corrected chi connectivity index (χ1v) is 36.4. The molecule has 0 unspecified atom stereocenters. The van der Waals surface area contributed by atoms with E-state index in [4.69, 9.17) is 65.2 Å². The van der Waals surface area contributed by atoms with Gasteiger partial charge in [0.1, 0.15) is 71.3 Å². The lowest BCUT2D eigenvalue weighted by Crippen LogP contribution is -2.36. The summed E-state index contributed by atoms with van der Waals surface area (Å²) in [5, 5.41) is 10.8. The molecule has 35 heteroatoms. The third-order valence-electron chi connectivity index (χ3n) is 13.3. The van der Waals surface area contributed by atoms with Gasteiger partial charge in [0, 0.05) is 81.3 Å². The Balaban J connectivity index is 0.000000156. The first kappa shape index (κ1) is 76.5. The molecule has 0 bridgehead atoms. The van der Waals surface area contributed by atoms with Gasteiger partial charge in [0.25, 0.3) is 0 Å². The fourth-order valence-corrected chi connectivity index (χ4v) is 12.5. The highest BCUT2D eigenvalue weighted by Crippen LogP contribution is 2.33. The number of ether oxygens (including phenoxy) is 4. The topological polar surface area (TPSA) is 372 Å². The number of anilines is 6. The maximum Gasteiger partial charge on any atom is 0.410 e. The molecule has 14 rings (SSSR count). The molecule has 28 nitrogen and oxygen atoms in total. The summed E-state index contributed by atoms with van der Waals surface area (Å²) >= 11 is 19.7. The molecule has 0 aliphatic carbocycles. The smallest absolute Gasteiger partial charge is 0.410 e. The quantitative estimate of drug-likeness (QED) is 0.0361. The van der Waals surface area contributed by atoms with E-state index in [1.807, 2.05) is 124 Å². The van der Waals surface area contributed by atoms with Crippen LogP contribution in [-0.4, -0.2) is 145 Å². The molecule has 2 fully saturated rings.